The molecular weight excluding hydrogens is 296 g/mol. The van der Waals surface area contributed by atoms with Gasteiger partial charge >= 0.3 is 0 Å². The fourth-order valence-electron chi connectivity index (χ4n) is 2.96. The molecule has 2 nitrogen and oxygen atoms in total. The van der Waals surface area contributed by atoms with Crippen LogP contribution < -0.4 is 4.74 Å². The summed E-state index contributed by atoms with van der Waals surface area (Å²) in [6, 6.07) is 7.21. The van der Waals surface area contributed by atoms with Gasteiger partial charge in [0.1, 0.15) is 5.75 Å². The number of hydrogen-bond acceptors (Lipinski definition) is 2. The first-order valence-electron chi connectivity index (χ1n) is 9.98. The predicted octanol–water partition coefficient (Wildman–Crippen LogP) is 6.61. The van der Waals surface area contributed by atoms with E-state index in [1.807, 2.05) is 18.4 Å². The van der Waals surface area contributed by atoms with Gasteiger partial charge in [-0.3, -0.25) is 4.79 Å². The fraction of sp³-hybridized carbons (Fsp3) is 0.682. The third-order valence-corrected chi connectivity index (χ3v) is 4.47. The molecule has 0 fully saturated rings. The quantitative estimate of drug-likeness (QED) is 0.318. The van der Waals surface area contributed by atoms with Crippen LogP contribution in [0.4, 0.5) is 0 Å². The molecule has 0 atom stereocenters. The summed E-state index contributed by atoms with van der Waals surface area (Å²) in [6.07, 6.45) is 19.5. The topological polar surface area (TPSA) is 26.3 Å². The van der Waals surface area contributed by atoms with Gasteiger partial charge in [-0.2, -0.15) is 0 Å². The molecule has 0 saturated heterocycles. The Hall–Kier alpha value is -1.31. The minimum absolute atomic E-state index is 0.554. The first-order chi connectivity index (χ1) is 11.9. The van der Waals surface area contributed by atoms with E-state index in [2.05, 4.69) is 6.92 Å². The highest BCUT2D eigenvalue weighted by Gasteiger charge is 1.97. The molecule has 1 aromatic rings. The molecule has 0 N–H and O–H groups in total. The van der Waals surface area contributed by atoms with E-state index in [1.165, 1.54) is 77.0 Å². The van der Waals surface area contributed by atoms with Crippen molar-refractivity contribution >= 4 is 6.29 Å². The molecule has 135 valence electrons. The largest absolute Gasteiger partial charge is 0.494 e. The molecule has 0 bridgehead atoms. The van der Waals surface area contributed by atoms with Crippen LogP contribution in [0.1, 0.15) is 96.0 Å². The third kappa shape index (κ3) is 11.3. The minimum Gasteiger partial charge on any atom is -0.494 e. The van der Waals surface area contributed by atoms with Gasteiger partial charge in [-0.1, -0.05) is 96.1 Å². The van der Waals surface area contributed by atoms with Gasteiger partial charge in [0.2, 0.25) is 6.29 Å². The summed E-state index contributed by atoms with van der Waals surface area (Å²) in [4.78, 5) is 10.6. The maximum Gasteiger partial charge on any atom is 0.233 e. The van der Waals surface area contributed by atoms with Crippen molar-refractivity contribution in [1.29, 1.82) is 0 Å². The van der Waals surface area contributed by atoms with Gasteiger partial charge in [-0.05, 0) is 18.6 Å². The Morgan fingerprint density at radius 2 is 1.33 bits per heavy atom. The number of rotatable bonds is 16. The number of carbonyl (C=O) groups excluding carboxylic acids is 1. The van der Waals surface area contributed by atoms with Crippen LogP contribution in [0.15, 0.2) is 24.3 Å². The van der Waals surface area contributed by atoms with E-state index in [0.717, 1.165) is 18.8 Å². The number of ether oxygens (including phenoxy) is 1. The molecule has 2 heteroatoms. The fourth-order valence-corrected chi connectivity index (χ4v) is 2.96. The molecule has 1 rings (SSSR count). The molecule has 0 heterocycles. The number of benzene rings is 1. The summed E-state index contributed by atoms with van der Waals surface area (Å²) in [7, 11) is 0. The molecule has 0 aliphatic rings. The Labute approximate surface area is 149 Å². The van der Waals surface area contributed by atoms with Crippen LogP contribution in [0, 0.1) is 0 Å². The molecule has 24 heavy (non-hydrogen) atoms. The monoisotopic (exact) mass is 331 g/mol. The normalized spacial score (nSPS) is 10.7. The molecule has 0 aliphatic carbocycles. The van der Waals surface area contributed by atoms with Crippen molar-refractivity contribution in [2.24, 2.45) is 0 Å². The molecule has 0 saturated carbocycles. The Morgan fingerprint density at radius 3 is 1.88 bits per heavy atom. The highest BCUT2D eigenvalue weighted by molar-refractivity contribution is 5.75. The van der Waals surface area contributed by atoms with Crippen molar-refractivity contribution in [2.45, 2.75) is 90.4 Å². The maximum atomic E-state index is 10.6. The van der Waals surface area contributed by atoms with Crippen LogP contribution in [-0.2, 0) is 4.79 Å². The number of hydrogen-bond donors (Lipinski definition) is 0. The third-order valence-electron chi connectivity index (χ3n) is 4.47. The van der Waals surface area contributed by atoms with Crippen LogP contribution in [0.25, 0.3) is 0 Å². The van der Waals surface area contributed by atoms with Gasteiger partial charge in [-0.25, -0.2) is 0 Å². The maximum absolute atomic E-state index is 10.6. The minimum atomic E-state index is 0.554. The lowest BCUT2D eigenvalue weighted by molar-refractivity contribution is 0.304. The summed E-state index contributed by atoms with van der Waals surface area (Å²) in [5.74, 6) is 0.773. The molecule has 0 aliphatic heterocycles. The summed E-state index contributed by atoms with van der Waals surface area (Å²) in [6.45, 7) is 3.01. The van der Waals surface area contributed by atoms with E-state index in [0.29, 0.717) is 5.56 Å². The lowest BCUT2D eigenvalue weighted by atomic mass is 10.0. The Bertz CT molecular complexity index is 414. The summed E-state index contributed by atoms with van der Waals surface area (Å²) in [5, 5.41) is 0. The van der Waals surface area contributed by atoms with Crippen LogP contribution in [0.5, 0.6) is 5.75 Å². The summed E-state index contributed by atoms with van der Waals surface area (Å²) in [5.41, 5.74) is 0.554. The van der Waals surface area contributed by atoms with Crippen molar-refractivity contribution in [3.63, 3.8) is 0 Å². The van der Waals surface area contributed by atoms with E-state index in [4.69, 9.17) is 4.74 Å². The van der Waals surface area contributed by atoms with E-state index in [-0.39, 0.29) is 0 Å². The van der Waals surface area contributed by atoms with E-state index >= 15 is 0 Å². The van der Waals surface area contributed by atoms with E-state index < -0.39 is 0 Å². The second-order valence-corrected chi connectivity index (χ2v) is 6.72. The summed E-state index contributed by atoms with van der Waals surface area (Å²) < 4.78 is 5.67. The first kappa shape index (κ1) is 20.7. The Morgan fingerprint density at radius 1 is 0.792 bits per heavy atom. The van der Waals surface area contributed by atoms with Gasteiger partial charge in [0, 0.05) is 5.56 Å². The van der Waals surface area contributed by atoms with Crippen molar-refractivity contribution in [2.75, 3.05) is 6.61 Å². The Kier molecular flexibility index (Phi) is 13.2. The van der Waals surface area contributed by atoms with Gasteiger partial charge < -0.3 is 4.74 Å². The van der Waals surface area contributed by atoms with Crippen LogP contribution in [0.3, 0.4) is 0 Å². The van der Waals surface area contributed by atoms with Crippen molar-refractivity contribution in [3.8, 4) is 5.75 Å². The van der Waals surface area contributed by atoms with E-state index in [1.54, 1.807) is 12.1 Å². The zero-order chi connectivity index (χ0) is 17.3. The molecule has 1 radical (unpaired) electrons. The van der Waals surface area contributed by atoms with E-state index in [9.17, 15) is 4.79 Å². The van der Waals surface area contributed by atoms with Gasteiger partial charge in [-0.15, -0.1) is 0 Å². The van der Waals surface area contributed by atoms with Crippen molar-refractivity contribution in [3.05, 3.63) is 29.8 Å². The van der Waals surface area contributed by atoms with Crippen LogP contribution >= 0.6 is 0 Å². The average Bonchev–Trinajstić information content (AvgIpc) is 2.62. The lowest BCUT2D eigenvalue weighted by Crippen LogP contribution is -1.97. The highest BCUT2D eigenvalue weighted by atomic mass is 16.5. The second-order valence-electron chi connectivity index (χ2n) is 6.72. The zero-order valence-corrected chi connectivity index (χ0v) is 15.5. The van der Waals surface area contributed by atoms with Crippen LogP contribution in [-0.4, -0.2) is 12.9 Å². The smallest absolute Gasteiger partial charge is 0.233 e. The molecule has 0 aromatic heterocycles. The molecule has 0 unspecified atom stereocenters. The highest BCUT2D eigenvalue weighted by Crippen LogP contribution is 2.14. The first-order valence-corrected chi connectivity index (χ1v) is 9.98. The Balaban J connectivity index is 1.83. The SMILES string of the molecule is CCCCCCCCCCCCCCCOc1cccc([C]=O)c1. The predicted molar refractivity (Wildman–Crippen MR) is 102 cm³/mol. The van der Waals surface area contributed by atoms with Crippen molar-refractivity contribution < 1.29 is 9.53 Å². The van der Waals surface area contributed by atoms with Gasteiger partial charge in [0.25, 0.3) is 0 Å². The molecule has 0 amide bonds. The molecular formula is C22H35O2. The zero-order valence-electron chi connectivity index (χ0n) is 15.5. The van der Waals surface area contributed by atoms with Gasteiger partial charge in [0.15, 0.2) is 0 Å². The van der Waals surface area contributed by atoms with Crippen LogP contribution in [0.2, 0.25) is 0 Å². The number of unbranched alkanes of at least 4 members (excludes halogenated alkanes) is 12. The lowest BCUT2D eigenvalue weighted by Gasteiger charge is -2.06. The second kappa shape index (κ2) is 15.2. The molecule has 0 spiro atoms. The standard InChI is InChI=1S/C22H35O2/c1-2-3-4-5-6-7-8-9-10-11-12-13-14-18-24-22-17-15-16-21(19-22)20-23/h15-17,19H,2-14,18H2,1H3. The molecule has 1 aromatic carbocycles. The van der Waals surface area contributed by atoms with Crippen molar-refractivity contribution in [1.82, 2.24) is 0 Å². The average molecular weight is 332 g/mol. The summed E-state index contributed by atoms with van der Waals surface area (Å²) >= 11 is 0. The van der Waals surface area contributed by atoms with Gasteiger partial charge in [0.05, 0.1) is 6.61 Å².